The Morgan fingerprint density at radius 3 is 1.25 bits per heavy atom. The molecule has 14 heteroatoms. The van der Waals surface area contributed by atoms with E-state index in [1.165, 1.54) is 141 Å². The number of ether oxygens (including phenoxy) is 2. The number of carbonyl (C=O) groups excluding carboxylic acids is 2. The fourth-order valence-electron chi connectivity index (χ4n) is 7.20. The summed E-state index contributed by atoms with van der Waals surface area (Å²) in [5, 5.41) is 48.4. The predicted octanol–water partition coefficient (Wildman–Crippen LogP) is 11.2. The zero-order chi connectivity index (χ0) is 48.1. The largest absolute Gasteiger partial charge is 0.472 e. The quantitative estimate of drug-likeness (QED) is 0.0145. The van der Waals surface area contributed by atoms with Crippen LogP contribution >= 0.6 is 7.82 Å². The van der Waals surface area contributed by atoms with Crippen LogP contribution in [0.15, 0.2) is 36.5 Å². The summed E-state index contributed by atoms with van der Waals surface area (Å²) in [6.45, 7) is 1.31. The van der Waals surface area contributed by atoms with Crippen LogP contribution in [0, 0.1) is 0 Å². The Kier molecular flexibility index (Phi) is 44.5. The van der Waals surface area contributed by atoms with Crippen molar-refractivity contribution in [3.05, 3.63) is 36.5 Å². The number of hydrogen-bond acceptors (Lipinski definition) is 12. The molecule has 382 valence electrons. The van der Waals surface area contributed by atoms with Crippen LogP contribution in [0.1, 0.15) is 219 Å². The van der Waals surface area contributed by atoms with Gasteiger partial charge >= 0.3 is 19.8 Å². The first-order chi connectivity index (χ1) is 31.5. The van der Waals surface area contributed by atoms with Crippen LogP contribution in [-0.4, -0.2) is 99.3 Å². The van der Waals surface area contributed by atoms with Gasteiger partial charge in [0.1, 0.15) is 31.0 Å². The summed E-state index contributed by atoms with van der Waals surface area (Å²) in [6.07, 6.45) is 39.3. The molecule has 0 saturated heterocycles. The topological polar surface area (TPSA) is 210 Å². The number of allylic oxidation sites excluding steroid dienone is 6. The maximum Gasteiger partial charge on any atom is 0.472 e. The Morgan fingerprint density at radius 2 is 0.862 bits per heavy atom. The lowest BCUT2D eigenvalue weighted by molar-refractivity contribution is -0.161. The lowest BCUT2D eigenvalue weighted by Gasteiger charge is -2.28. The molecule has 6 N–H and O–H groups in total. The third-order valence-electron chi connectivity index (χ3n) is 11.4. The number of aliphatic hydroxyl groups excluding tert-OH is 5. The molecule has 0 spiro atoms. The summed E-state index contributed by atoms with van der Waals surface area (Å²) in [5.41, 5.74) is 0. The molecule has 0 bridgehead atoms. The van der Waals surface area contributed by atoms with Crippen molar-refractivity contribution >= 4 is 19.8 Å². The second-order valence-electron chi connectivity index (χ2n) is 17.5. The first-order valence-corrected chi connectivity index (χ1v) is 27.2. The summed E-state index contributed by atoms with van der Waals surface area (Å²) < 4.78 is 33.4. The number of hydrogen-bond donors (Lipinski definition) is 6. The zero-order valence-corrected chi connectivity index (χ0v) is 41.7. The molecule has 0 fully saturated rings. The average molecular weight is 947 g/mol. The highest BCUT2D eigenvalue weighted by molar-refractivity contribution is 7.47. The van der Waals surface area contributed by atoms with Gasteiger partial charge in [0.15, 0.2) is 6.10 Å². The molecule has 0 heterocycles. The number of esters is 2. The number of carbonyl (C=O) groups is 2. The predicted molar refractivity (Wildman–Crippen MR) is 260 cm³/mol. The number of phosphoric ester groups is 1. The fraction of sp³-hybridized carbons (Fsp3) is 0.843. The van der Waals surface area contributed by atoms with Crippen LogP contribution in [0.2, 0.25) is 0 Å². The summed E-state index contributed by atoms with van der Waals surface area (Å²) >= 11 is 0. The van der Waals surface area contributed by atoms with Crippen LogP contribution in [0.25, 0.3) is 0 Å². The third kappa shape index (κ3) is 40.8. The van der Waals surface area contributed by atoms with Crippen molar-refractivity contribution in [2.24, 2.45) is 0 Å². The van der Waals surface area contributed by atoms with E-state index in [0.717, 1.165) is 38.5 Å². The minimum atomic E-state index is -5.07. The third-order valence-corrected chi connectivity index (χ3v) is 12.4. The molecule has 6 atom stereocenters. The van der Waals surface area contributed by atoms with E-state index in [2.05, 4.69) is 50.3 Å². The highest BCUT2D eigenvalue weighted by Crippen LogP contribution is 2.45. The molecule has 65 heavy (non-hydrogen) atoms. The van der Waals surface area contributed by atoms with Crippen LogP contribution in [-0.2, 0) is 32.7 Å². The molecular weight excluding hydrogens is 852 g/mol. The first kappa shape index (κ1) is 63.1. The fourth-order valence-corrected chi connectivity index (χ4v) is 8.15. The van der Waals surface area contributed by atoms with Crippen molar-refractivity contribution in [1.82, 2.24) is 0 Å². The lowest BCUT2D eigenvalue weighted by Crippen LogP contribution is -2.47. The van der Waals surface area contributed by atoms with Crippen molar-refractivity contribution < 1.29 is 63.1 Å². The summed E-state index contributed by atoms with van der Waals surface area (Å²) in [5.74, 6) is -1.14. The van der Waals surface area contributed by atoms with Crippen molar-refractivity contribution in [2.45, 2.75) is 250 Å². The zero-order valence-electron chi connectivity index (χ0n) is 40.8. The number of phosphoric acid groups is 1. The Balaban J connectivity index is 4.57. The second kappa shape index (κ2) is 45.8. The Bertz CT molecular complexity index is 1230. The standard InChI is InChI=1S/C51H95O13P/c1-3-5-7-9-11-13-15-17-18-19-20-21-22-23-24-25-26-28-29-31-33-35-37-39-48(55)61-43-45(44-62-65(59,60)64-47(42-53)51(58)50(57)46(54)41-52)63-49(56)40-38-36-34-32-30-27-16-14-12-10-8-6-4-2/h15,17,29-32,45-47,50-54,57-58H,3-14,16,18-28,33-44H2,1-2H3,(H,59,60)/b17-15-,31-29-,32-30-/t45-,46-,47-,50-,51-/m1/s1. The smallest absolute Gasteiger partial charge is 0.462 e. The van der Waals surface area contributed by atoms with Gasteiger partial charge in [-0.3, -0.25) is 18.6 Å². The maximum atomic E-state index is 12.7. The van der Waals surface area contributed by atoms with Gasteiger partial charge in [-0.2, -0.15) is 0 Å². The summed E-state index contributed by atoms with van der Waals surface area (Å²) in [4.78, 5) is 35.6. The molecule has 0 aliphatic heterocycles. The Hall–Kier alpha value is -1.93. The van der Waals surface area contributed by atoms with Crippen LogP contribution in [0.3, 0.4) is 0 Å². The minimum Gasteiger partial charge on any atom is -0.462 e. The Labute approximate surface area is 394 Å². The molecule has 0 rings (SSSR count). The number of unbranched alkanes of at least 4 members (excludes halogenated alkanes) is 25. The van der Waals surface area contributed by atoms with Gasteiger partial charge in [-0.25, -0.2) is 4.57 Å². The van der Waals surface area contributed by atoms with Gasteiger partial charge in [-0.1, -0.05) is 153 Å². The molecule has 0 aliphatic rings. The van der Waals surface area contributed by atoms with E-state index in [9.17, 15) is 39.5 Å². The summed E-state index contributed by atoms with van der Waals surface area (Å²) in [7, 11) is -5.07. The molecule has 0 amide bonds. The maximum absolute atomic E-state index is 12.7. The Morgan fingerprint density at radius 1 is 0.492 bits per heavy atom. The van der Waals surface area contributed by atoms with E-state index >= 15 is 0 Å². The van der Waals surface area contributed by atoms with Crippen LogP contribution in [0.5, 0.6) is 0 Å². The van der Waals surface area contributed by atoms with E-state index in [1.54, 1.807) is 0 Å². The van der Waals surface area contributed by atoms with Gasteiger partial charge in [-0.15, -0.1) is 0 Å². The van der Waals surface area contributed by atoms with Gasteiger partial charge in [0.2, 0.25) is 0 Å². The van der Waals surface area contributed by atoms with Gasteiger partial charge in [0.05, 0.1) is 19.8 Å². The van der Waals surface area contributed by atoms with E-state index in [0.29, 0.717) is 12.8 Å². The lowest BCUT2D eigenvalue weighted by atomic mass is 10.0. The minimum absolute atomic E-state index is 0.0680. The molecular formula is C51H95O13P. The monoisotopic (exact) mass is 947 g/mol. The van der Waals surface area contributed by atoms with Gasteiger partial charge in [0, 0.05) is 12.8 Å². The van der Waals surface area contributed by atoms with E-state index in [1.807, 2.05) is 0 Å². The van der Waals surface area contributed by atoms with Crippen molar-refractivity contribution in [3.8, 4) is 0 Å². The second-order valence-corrected chi connectivity index (χ2v) is 18.9. The molecule has 0 aliphatic carbocycles. The SMILES string of the molecule is CCCCCCC/C=C\CCCCCCCCCC/C=C\CCCCC(=O)OC[C@H](COP(=O)(O)O[C@H](CO)[C@@H](O)[C@H](O)[C@H](O)CO)OC(=O)CCCC/C=C\CCCCCCCCC. The molecule has 13 nitrogen and oxygen atoms in total. The molecule has 0 saturated carbocycles. The highest BCUT2D eigenvalue weighted by Gasteiger charge is 2.37. The van der Waals surface area contributed by atoms with Gasteiger partial charge < -0.3 is 39.9 Å². The molecule has 0 radical (unpaired) electrons. The van der Waals surface area contributed by atoms with Crippen LogP contribution in [0.4, 0.5) is 0 Å². The van der Waals surface area contributed by atoms with E-state index in [-0.39, 0.29) is 12.8 Å². The molecule has 1 unspecified atom stereocenters. The van der Waals surface area contributed by atoms with Gasteiger partial charge in [0.25, 0.3) is 0 Å². The molecule has 0 aromatic heterocycles. The molecule has 0 aromatic carbocycles. The van der Waals surface area contributed by atoms with Gasteiger partial charge in [-0.05, 0) is 89.9 Å². The van der Waals surface area contributed by atoms with Crippen LogP contribution < -0.4 is 0 Å². The highest BCUT2D eigenvalue weighted by atomic mass is 31.2. The number of rotatable bonds is 48. The summed E-state index contributed by atoms with van der Waals surface area (Å²) in [6, 6.07) is 0. The van der Waals surface area contributed by atoms with Crippen molar-refractivity contribution in [3.63, 3.8) is 0 Å². The normalized spacial score (nSPS) is 15.4. The average Bonchev–Trinajstić information content (AvgIpc) is 3.30. The van der Waals surface area contributed by atoms with E-state index in [4.69, 9.17) is 23.6 Å². The van der Waals surface area contributed by atoms with Crippen molar-refractivity contribution in [2.75, 3.05) is 26.4 Å². The van der Waals surface area contributed by atoms with Crippen molar-refractivity contribution in [1.29, 1.82) is 0 Å². The molecule has 0 aromatic rings. The number of aliphatic hydroxyl groups is 5. The van der Waals surface area contributed by atoms with E-state index < -0.39 is 76.7 Å². The first-order valence-electron chi connectivity index (χ1n) is 25.7.